The maximum absolute atomic E-state index is 11.0. The largest absolute Gasteiger partial charge is 0.354 e. The molecule has 1 amide bonds. The van der Waals surface area contributed by atoms with E-state index in [0.29, 0.717) is 17.7 Å². The topological polar surface area (TPSA) is 58.1 Å². The summed E-state index contributed by atoms with van der Waals surface area (Å²) in [6.07, 6.45) is 1.94. The first-order chi connectivity index (χ1) is 9.02. The Morgan fingerprint density at radius 2 is 2.16 bits per heavy atom. The van der Waals surface area contributed by atoms with E-state index < -0.39 is 0 Å². The Morgan fingerprint density at radius 1 is 1.47 bits per heavy atom. The van der Waals surface area contributed by atoms with E-state index in [4.69, 9.17) is 11.6 Å². The average molecular weight is 283 g/mol. The molecule has 104 valence electrons. The second-order valence-electron chi connectivity index (χ2n) is 5.00. The van der Waals surface area contributed by atoms with Gasteiger partial charge in [-0.2, -0.15) is 0 Å². The van der Waals surface area contributed by atoms with E-state index in [1.165, 1.54) is 0 Å². The van der Waals surface area contributed by atoms with Gasteiger partial charge >= 0.3 is 0 Å². The minimum absolute atomic E-state index is 0.0484. The molecule has 1 aliphatic heterocycles. The van der Waals surface area contributed by atoms with Gasteiger partial charge in [-0.25, -0.2) is 9.97 Å². The Morgan fingerprint density at radius 3 is 2.74 bits per heavy atom. The number of hydrogen-bond acceptors (Lipinski definition) is 4. The van der Waals surface area contributed by atoms with Gasteiger partial charge in [0.05, 0.1) is 6.54 Å². The predicted octanol–water partition coefficient (Wildman–Crippen LogP) is 1.54. The highest BCUT2D eigenvalue weighted by molar-refractivity contribution is 6.29. The Hall–Kier alpha value is -1.20. The zero-order chi connectivity index (χ0) is 13.8. The molecule has 0 aromatic carbocycles. The predicted molar refractivity (Wildman–Crippen MR) is 73.9 cm³/mol. The molecule has 1 fully saturated rings. The highest BCUT2D eigenvalue weighted by Gasteiger charge is 2.20. The molecule has 0 atom stereocenters. The maximum atomic E-state index is 11.0. The third-order valence-electron chi connectivity index (χ3n) is 3.23. The molecule has 0 spiro atoms. The second kappa shape index (κ2) is 6.30. The van der Waals surface area contributed by atoms with Gasteiger partial charge in [0.25, 0.3) is 0 Å². The second-order valence-corrected chi connectivity index (χ2v) is 5.39. The number of likely N-dealkylation sites (tertiary alicyclic amines) is 1. The van der Waals surface area contributed by atoms with Gasteiger partial charge < -0.3 is 5.32 Å². The van der Waals surface area contributed by atoms with Crippen molar-refractivity contribution in [1.29, 1.82) is 0 Å². The molecule has 1 aromatic rings. The number of nitrogens with one attached hydrogen (secondary N) is 1. The molecule has 1 aliphatic rings. The van der Waals surface area contributed by atoms with Crippen molar-refractivity contribution in [1.82, 2.24) is 20.2 Å². The van der Waals surface area contributed by atoms with Crippen LogP contribution in [0.2, 0.25) is 5.15 Å². The van der Waals surface area contributed by atoms with Crippen molar-refractivity contribution in [2.45, 2.75) is 39.3 Å². The standard InChI is InChI=1S/C13H19ClN4O/c1-9-7-12(14)17-13(15-9)8-18-5-3-11(4-6-18)16-10(2)19/h7,11H,3-6,8H2,1-2H3,(H,16,19). The van der Waals surface area contributed by atoms with Crippen LogP contribution in [0.3, 0.4) is 0 Å². The molecule has 1 N–H and O–H groups in total. The molecule has 1 saturated heterocycles. The van der Waals surface area contributed by atoms with Gasteiger partial charge in [-0.1, -0.05) is 11.6 Å². The molecular weight excluding hydrogens is 264 g/mol. The van der Waals surface area contributed by atoms with Crippen LogP contribution < -0.4 is 5.32 Å². The fourth-order valence-corrected chi connectivity index (χ4v) is 2.64. The van der Waals surface area contributed by atoms with Gasteiger partial charge in [-0.15, -0.1) is 0 Å². The van der Waals surface area contributed by atoms with Crippen LogP contribution in [-0.4, -0.2) is 39.9 Å². The summed E-state index contributed by atoms with van der Waals surface area (Å²) in [4.78, 5) is 21.9. The van der Waals surface area contributed by atoms with Crippen molar-refractivity contribution in [2.75, 3.05) is 13.1 Å². The van der Waals surface area contributed by atoms with E-state index in [9.17, 15) is 4.79 Å². The Labute approximate surface area is 118 Å². The number of piperidine rings is 1. The van der Waals surface area contributed by atoms with Crippen LogP contribution in [0.4, 0.5) is 0 Å². The lowest BCUT2D eigenvalue weighted by Gasteiger charge is -2.31. The van der Waals surface area contributed by atoms with Crippen LogP contribution in [0.5, 0.6) is 0 Å². The first-order valence-corrected chi connectivity index (χ1v) is 6.90. The molecule has 0 saturated carbocycles. The van der Waals surface area contributed by atoms with E-state index in [1.54, 1.807) is 13.0 Å². The van der Waals surface area contributed by atoms with Crippen molar-refractivity contribution in [3.05, 3.63) is 22.7 Å². The first kappa shape index (κ1) is 14.2. The SMILES string of the molecule is CC(=O)NC1CCN(Cc2nc(C)cc(Cl)n2)CC1. The molecule has 0 aliphatic carbocycles. The van der Waals surface area contributed by atoms with Crippen molar-refractivity contribution in [3.63, 3.8) is 0 Å². The quantitative estimate of drug-likeness (QED) is 0.855. The Bertz CT molecular complexity index is 438. The first-order valence-electron chi connectivity index (χ1n) is 6.52. The van der Waals surface area contributed by atoms with E-state index in [-0.39, 0.29) is 5.91 Å². The number of carbonyl (C=O) groups is 1. The van der Waals surface area contributed by atoms with E-state index in [2.05, 4.69) is 20.2 Å². The highest BCUT2D eigenvalue weighted by atomic mass is 35.5. The lowest BCUT2D eigenvalue weighted by molar-refractivity contribution is -0.119. The van der Waals surface area contributed by atoms with Crippen molar-refractivity contribution in [3.8, 4) is 0 Å². The van der Waals surface area contributed by atoms with Gasteiger partial charge in [0.1, 0.15) is 11.0 Å². The van der Waals surface area contributed by atoms with Gasteiger partial charge in [0, 0.05) is 31.7 Å². The fraction of sp³-hybridized carbons (Fsp3) is 0.615. The molecule has 5 nitrogen and oxygen atoms in total. The molecule has 6 heteroatoms. The molecular formula is C13H19ClN4O. The van der Waals surface area contributed by atoms with Gasteiger partial charge in [-0.05, 0) is 25.8 Å². The van der Waals surface area contributed by atoms with Crippen LogP contribution in [0.1, 0.15) is 31.3 Å². The number of nitrogens with zero attached hydrogens (tertiary/aromatic N) is 3. The number of hydrogen-bond donors (Lipinski definition) is 1. The van der Waals surface area contributed by atoms with Crippen molar-refractivity contribution < 1.29 is 4.79 Å². The lowest BCUT2D eigenvalue weighted by Crippen LogP contribution is -2.43. The van der Waals surface area contributed by atoms with E-state index >= 15 is 0 Å². The summed E-state index contributed by atoms with van der Waals surface area (Å²) in [5.41, 5.74) is 0.892. The normalized spacial score (nSPS) is 17.4. The van der Waals surface area contributed by atoms with Gasteiger partial charge in [-0.3, -0.25) is 9.69 Å². The number of aryl methyl sites for hydroxylation is 1. The third kappa shape index (κ3) is 4.44. The number of aromatic nitrogens is 2. The summed E-state index contributed by atoms with van der Waals surface area (Å²) >= 11 is 5.93. The summed E-state index contributed by atoms with van der Waals surface area (Å²) in [7, 11) is 0. The monoisotopic (exact) mass is 282 g/mol. The molecule has 2 heterocycles. The van der Waals surface area contributed by atoms with E-state index in [1.807, 2.05) is 6.92 Å². The van der Waals surface area contributed by atoms with Gasteiger partial charge in [0.2, 0.25) is 5.91 Å². The van der Waals surface area contributed by atoms with Crippen LogP contribution in [0.15, 0.2) is 6.07 Å². The van der Waals surface area contributed by atoms with Crippen molar-refractivity contribution in [2.24, 2.45) is 0 Å². The summed E-state index contributed by atoms with van der Waals surface area (Å²) in [5.74, 6) is 0.815. The van der Waals surface area contributed by atoms with Crippen molar-refractivity contribution >= 4 is 17.5 Å². The molecule has 19 heavy (non-hydrogen) atoms. The number of rotatable bonds is 3. The highest BCUT2D eigenvalue weighted by Crippen LogP contribution is 2.14. The zero-order valence-electron chi connectivity index (χ0n) is 11.3. The number of carbonyl (C=O) groups excluding carboxylic acids is 1. The Kier molecular flexibility index (Phi) is 4.71. The molecule has 0 unspecified atom stereocenters. The summed E-state index contributed by atoms with van der Waals surface area (Å²) in [6, 6.07) is 2.06. The number of halogens is 1. The van der Waals surface area contributed by atoms with Crippen LogP contribution >= 0.6 is 11.6 Å². The third-order valence-corrected chi connectivity index (χ3v) is 3.42. The van der Waals surface area contributed by atoms with Gasteiger partial charge in [0.15, 0.2) is 0 Å². The summed E-state index contributed by atoms with van der Waals surface area (Å²) in [6.45, 7) is 6.09. The Balaban J connectivity index is 1.86. The lowest BCUT2D eigenvalue weighted by atomic mass is 10.1. The van der Waals surface area contributed by atoms with E-state index in [0.717, 1.165) is 37.4 Å². The molecule has 0 bridgehead atoms. The smallest absolute Gasteiger partial charge is 0.217 e. The summed E-state index contributed by atoms with van der Waals surface area (Å²) in [5, 5.41) is 3.46. The molecule has 0 radical (unpaired) electrons. The number of amides is 1. The minimum atomic E-state index is 0.0484. The average Bonchev–Trinajstić information content (AvgIpc) is 2.29. The fourth-order valence-electron chi connectivity index (χ4n) is 2.38. The minimum Gasteiger partial charge on any atom is -0.354 e. The van der Waals surface area contributed by atoms with Crippen LogP contribution in [-0.2, 0) is 11.3 Å². The van der Waals surface area contributed by atoms with Crippen LogP contribution in [0.25, 0.3) is 0 Å². The van der Waals surface area contributed by atoms with Crippen LogP contribution in [0, 0.1) is 6.92 Å². The molecule has 1 aromatic heterocycles. The zero-order valence-corrected chi connectivity index (χ0v) is 12.1. The molecule has 2 rings (SSSR count). The maximum Gasteiger partial charge on any atom is 0.217 e. The summed E-state index contributed by atoms with van der Waals surface area (Å²) < 4.78 is 0.